The zero-order valence-corrected chi connectivity index (χ0v) is 16.2. The lowest BCUT2D eigenvalue weighted by Crippen LogP contribution is -2.31. The van der Waals surface area contributed by atoms with E-state index >= 15 is 0 Å². The number of hydrogen-bond donors (Lipinski definition) is 0. The number of imidazole rings is 1. The molecule has 0 unspecified atom stereocenters. The SMILES string of the molecule is C=C=C=NC(=C=C)c1ccc2cc(-c3n(C)c4ccccc4[n+]3C)c(=O)oc2c1. The molecule has 0 N–H and O–H groups in total. The Hall–Kier alpha value is -4.13. The largest absolute Gasteiger partial charge is 0.422 e. The van der Waals surface area contributed by atoms with E-state index in [0.717, 1.165) is 22.2 Å². The zero-order valence-electron chi connectivity index (χ0n) is 16.2. The van der Waals surface area contributed by atoms with Gasteiger partial charge in [-0.15, -0.1) is 0 Å². The van der Waals surface area contributed by atoms with Gasteiger partial charge in [-0.1, -0.05) is 42.3 Å². The molecular formula is C24H18N3O2+. The van der Waals surface area contributed by atoms with Gasteiger partial charge in [0.1, 0.15) is 11.3 Å². The number of aliphatic imine (C=N–C) groups is 1. The Bertz CT molecular complexity index is 1450. The van der Waals surface area contributed by atoms with Gasteiger partial charge in [-0.3, -0.25) is 0 Å². The van der Waals surface area contributed by atoms with Gasteiger partial charge in [-0.25, -0.2) is 13.9 Å². The maximum absolute atomic E-state index is 12.9. The average molecular weight is 380 g/mol. The monoisotopic (exact) mass is 380 g/mol. The predicted molar refractivity (Wildman–Crippen MR) is 115 cm³/mol. The van der Waals surface area contributed by atoms with E-state index in [1.54, 1.807) is 6.07 Å². The third-order valence-electron chi connectivity index (χ3n) is 4.90. The summed E-state index contributed by atoms with van der Waals surface area (Å²) in [5, 5.41) is 0.806. The van der Waals surface area contributed by atoms with Crippen molar-refractivity contribution in [1.29, 1.82) is 0 Å². The number of benzene rings is 2. The molecule has 0 aliphatic heterocycles. The highest BCUT2D eigenvalue weighted by atomic mass is 16.4. The summed E-state index contributed by atoms with van der Waals surface area (Å²) >= 11 is 0. The summed E-state index contributed by atoms with van der Waals surface area (Å²) < 4.78 is 9.65. The first-order chi connectivity index (χ1) is 14.0. The van der Waals surface area contributed by atoms with Crippen LogP contribution in [0, 0.1) is 0 Å². The molecule has 0 saturated carbocycles. The summed E-state index contributed by atoms with van der Waals surface area (Å²) in [6.07, 6.45) is 0. The first kappa shape index (κ1) is 18.2. The highest BCUT2D eigenvalue weighted by Gasteiger charge is 2.25. The molecule has 140 valence electrons. The van der Waals surface area contributed by atoms with Crippen molar-refractivity contribution in [3.8, 4) is 11.4 Å². The molecule has 0 bridgehead atoms. The number of aryl methyl sites for hydroxylation is 2. The van der Waals surface area contributed by atoms with Gasteiger partial charge >= 0.3 is 5.63 Å². The number of para-hydroxylation sites is 2. The van der Waals surface area contributed by atoms with Crippen LogP contribution in [0.1, 0.15) is 5.56 Å². The van der Waals surface area contributed by atoms with Crippen LogP contribution in [0.3, 0.4) is 0 Å². The van der Waals surface area contributed by atoms with Gasteiger partial charge in [0.25, 0.3) is 5.82 Å². The molecule has 0 saturated heterocycles. The summed E-state index contributed by atoms with van der Waals surface area (Å²) in [5.41, 5.74) is 9.01. The van der Waals surface area contributed by atoms with E-state index in [-0.39, 0.29) is 0 Å². The lowest BCUT2D eigenvalue weighted by Gasteiger charge is -2.03. The van der Waals surface area contributed by atoms with Gasteiger partial charge in [-0.2, -0.15) is 4.99 Å². The van der Waals surface area contributed by atoms with Gasteiger partial charge in [0.2, 0.25) is 0 Å². The van der Waals surface area contributed by atoms with Crippen LogP contribution in [-0.4, -0.2) is 10.4 Å². The second-order valence-corrected chi connectivity index (χ2v) is 6.56. The fourth-order valence-corrected chi connectivity index (χ4v) is 3.56. The second kappa shape index (κ2) is 7.12. The third kappa shape index (κ3) is 2.98. The molecule has 0 radical (unpaired) electrons. The third-order valence-corrected chi connectivity index (χ3v) is 4.90. The van der Waals surface area contributed by atoms with Gasteiger partial charge < -0.3 is 4.42 Å². The topological polar surface area (TPSA) is 51.4 Å². The maximum Gasteiger partial charge on any atom is 0.351 e. The molecule has 5 heteroatoms. The fraction of sp³-hybridized carbons (Fsp3) is 0.0833. The molecule has 0 aliphatic rings. The Morgan fingerprint density at radius 2 is 1.97 bits per heavy atom. The zero-order chi connectivity index (χ0) is 20.5. The van der Waals surface area contributed by atoms with Crippen molar-refractivity contribution in [1.82, 2.24) is 4.57 Å². The van der Waals surface area contributed by atoms with Crippen molar-refractivity contribution < 1.29 is 8.98 Å². The van der Waals surface area contributed by atoms with Crippen LogP contribution in [-0.2, 0) is 14.1 Å². The van der Waals surface area contributed by atoms with Gasteiger partial charge in [0.05, 0.1) is 14.1 Å². The van der Waals surface area contributed by atoms with Crippen molar-refractivity contribution in [2.45, 2.75) is 0 Å². The molecule has 5 nitrogen and oxygen atoms in total. The van der Waals surface area contributed by atoms with Crippen LogP contribution in [0.5, 0.6) is 0 Å². The molecule has 4 rings (SSSR count). The van der Waals surface area contributed by atoms with Crippen LogP contribution >= 0.6 is 0 Å². The quantitative estimate of drug-likeness (QED) is 0.234. The van der Waals surface area contributed by atoms with Crippen molar-refractivity contribution in [2.75, 3.05) is 0 Å². The Balaban J connectivity index is 1.94. The lowest BCUT2D eigenvalue weighted by atomic mass is 10.1. The first-order valence-corrected chi connectivity index (χ1v) is 8.95. The summed E-state index contributed by atoms with van der Waals surface area (Å²) in [7, 11) is 3.88. The van der Waals surface area contributed by atoms with Crippen LogP contribution in [0.2, 0.25) is 0 Å². The molecule has 0 spiro atoms. The molecule has 29 heavy (non-hydrogen) atoms. The van der Waals surface area contributed by atoms with E-state index in [9.17, 15) is 4.79 Å². The average Bonchev–Trinajstić information content (AvgIpc) is 2.98. The smallest absolute Gasteiger partial charge is 0.351 e. The van der Waals surface area contributed by atoms with Crippen molar-refractivity contribution in [2.24, 2.45) is 19.1 Å². The summed E-state index contributed by atoms with van der Waals surface area (Å²) in [5.74, 6) is 3.32. The Morgan fingerprint density at radius 1 is 1.17 bits per heavy atom. The fourth-order valence-electron chi connectivity index (χ4n) is 3.56. The van der Waals surface area contributed by atoms with Crippen LogP contribution in [0.15, 0.2) is 87.4 Å². The minimum Gasteiger partial charge on any atom is -0.422 e. The summed E-state index contributed by atoms with van der Waals surface area (Å²) in [6.45, 7) is 7.08. The highest BCUT2D eigenvalue weighted by Crippen LogP contribution is 2.25. The Morgan fingerprint density at radius 3 is 2.69 bits per heavy atom. The number of rotatable bonds is 3. The van der Waals surface area contributed by atoms with Crippen molar-refractivity contribution in [3.05, 3.63) is 89.1 Å². The minimum absolute atomic E-state index is 0.408. The van der Waals surface area contributed by atoms with Crippen molar-refractivity contribution in [3.63, 3.8) is 0 Å². The summed E-state index contributed by atoms with van der Waals surface area (Å²) in [6, 6.07) is 15.3. The van der Waals surface area contributed by atoms with E-state index in [2.05, 4.69) is 35.5 Å². The molecular weight excluding hydrogens is 362 g/mol. The molecule has 0 fully saturated rings. The molecule has 0 atom stereocenters. The first-order valence-electron chi connectivity index (χ1n) is 8.95. The van der Waals surface area contributed by atoms with Crippen LogP contribution in [0.25, 0.3) is 39.1 Å². The number of nitrogens with zero attached hydrogens (tertiary/aromatic N) is 3. The standard InChI is InChI=1S/C24H18N3O2/c1-5-13-25-19(6-2)16-11-12-17-14-18(24(28)29-22(17)15-16)23-26(3)20-9-7-8-10-21(20)27(23)4/h7-12,14-15H,1-2H2,3-4H3/q+1. The lowest BCUT2D eigenvalue weighted by molar-refractivity contribution is -0.634. The second-order valence-electron chi connectivity index (χ2n) is 6.56. The van der Waals surface area contributed by atoms with E-state index in [1.165, 1.54) is 0 Å². The molecule has 2 aromatic carbocycles. The number of fused-ring (bicyclic) bond motifs is 2. The predicted octanol–water partition coefficient (Wildman–Crippen LogP) is 3.91. The van der Waals surface area contributed by atoms with E-state index in [4.69, 9.17) is 4.42 Å². The van der Waals surface area contributed by atoms with Gasteiger partial charge in [-0.05, 0) is 30.8 Å². The van der Waals surface area contributed by atoms with Gasteiger partial charge in [0.15, 0.2) is 16.6 Å². The van der Waals surface area contributed by atoms with Crippen LogP contribution < -0.4 is 10.2 Å². The number of aromatic nitrogens is 2. The summed E-state index contributed by atoms with van der Waals surface area (Å²) in [4.78, 5) is 16.9. The molecule has 2 heterocycles. The van der Waals surface area contributed by atoms with Crippen LogP contribution in [0.4, 0.5) is 0 Å². The molecule has 0 aliphatic carbocycles. The normalized spacial score (nSPS) is 10.4. The molecule has 2 aromatic heterocycles. The molecule has 4 aromatic rings. The van der Waals surface area contributed by atoms with E-state index in [1.807, 2.05) is 65.7 Å². The maximum atomic E-state index is 12.9. The minimum atomic E-state index is -0.408. The van der Waals surface area contributed by atoms with E-state index in [0.29, 0.717) is 22.4 Å². The molecule has 0 amide bonds. The number of hydrogen-bond acceptors (Lipinski definition) is 3. The Labute approximate surface area is 167 Å². The van der Waals surface area contributed by atoms with Crippen molar-refractivity contribution >= 4 is 33.6 Å². The van der Waals surface area contributed by atoms with Gasteiger partial charge in [0, 0.05) is 16.8 Å². The Kier molecular flexibility index (Phi) is 4.48. The van der Waals surface area contributed by atoms with E-state index < -0.39 is 5.63 Å². The highest BCUT2D eigenvalue weighted by molar-refractivity contribution is 5.85.